The molecule has 2 aromatic carbocycles. The largest absolute Gasteiger partial charge is 0.493 e. The van der Waals surface area contributed by atoms with Gasteiger partial charge in [0.2, 0.25) is 0 Å². The van der Waals surface area contributed by atoms with Crippen LogP contribution >= 0.6 is 0 Å². The quantitative estimate of drug-likeness (QED) is 0.287. The molecule has 0 aliphatic rings. The molecule has 3 N–H and O–H groups in total. The number of carbonyl (C=O) groups is 1. The molecule has 0 saturated heterocycles. The molecule has 0 radical (unpaired) electrons. The lowest BCUT2D eigenvalue weighted by Gasteiger charge is -2.17. The fraction of sp³-hybridized carbons (Fsp3) is 0.320. The summed E-state index contributed by atoms with van der Waals surface area (Å²) in [7, 11) is 3.95. The molecule has 0 amide bonds. The third kappa shape index (κ3) is 5.69. The standard InChI is InChI=1S/C25H28N6O5/c1-4-35-20-14-16(7-8-17(20)23-26-24-22(25(34)27-23)28-30-29-24)18-13-15(6-10-21(32)33)5-9-19(18)36-12-11-31(2)3/h5,7-9,13-14H,4,6,10-12H2,1-3H3,(H,32,33)(H2,26,27,28,29,30,34). The van der Waals surface area contributed by atoms with Gasteiger partial charge in [-0.2, -0.15) is 0 Å². The van der Waals surface area contributed by atoms with E-state index in [9.17, 15) is 9.59 Å². The molecule has 0 unspecified atom stereocenters. The smallest absolute Gasteiger partial charge is 0.303 e. The first-order chi connectivity index (χ1) is 17.4. The molecule has 188 valence electrons. The van der Waals surface area contributed by atoms with Crippen LogP contribution in [0.4, 0.5) is 0 Å². The van der Waals surface area contributed by atoms with E-state index in [0.717, 1.165) is 23.2 Å². The van der Waals surface area contributed by atoms with Crippen molar-refractivity contribution >= 4 is 17.1 Å². The number of aromatic nitrogens is 5. The van der Waals surface area contributed by atoms with E-state index in [0.29, 0.717) is 42.5 Å². The molecule has 11 nitrogen and oxygen atoms in total. The van der Waals surface area contributed by atoms with Gasteiger partial charge < -0.3 is 24.5 Å². The average molecular weight is 493 g/mol. The number of rotatable bonds is 11. The Labute approximate surface area is 207 Å². The van der Waals surface area contributed by atoms with E-state index < -0.39 is 11.5 Å². The van der Waals surface area contributed by atoms with Gasteiger partial charge in [-0.3, -0.25) is 9.59 Å². The predicted octanol–water partition coefficient (Wildman–Crippen LogP) is 2.73. The van der Waals surface area contributed by atoms with Crippen molar-refractivity contribution in [1.82, 2.24) is 30.3 Å². The van der Waals surface area contributed by atoms with Gasteiger partial charge in [0.05, 0.1) is 12.2 Å². The first-order valence-corrected chi connectivity index (χ1v) is 11.6. The maximum atomic E-state index is 12.4. The zero-order valence-electron chi connectivity index (χ0n) is 20.4. The van der Waals surface area contributed by atoms with Gasteiger partial charge in [-0.1, -0.05) is 17.3 Å². The Kier molecular flexibility index (Phi) is 7.59. The average Bonchev–Trinajstić information content (AvgIpc) is 3.33. The molecule has 36 heavy (non-hydrogen) atoms. The van der Waals surface area contributed by atoms with Crippen LogP contribution in [0.25, 0.3) is 33.7 Å². The molecule has 0 spiro atoms. The lowest BCUT2D eigenvalue weighted by Crippen LogP contribution is -2.19. The number of carboxylic acid groups (broad SMARTS) is 1. The minimum Gasteiger partial charge on any atom is -0.493 e. The minimum absolute atomic E-state index is 0.0351. The van der Waals surface area contributed by atoms with E-state index in [4.69, 9.17) is 14.6 Å². The van der Waals surface area contributed by atoms with Gasteiger partial charge in [-0.05, 0) is 62.8 Å². The second-order valence-corrected chi connectivity index (χ2v) is 8.44. The highest BCUT2D eigenvalue weighted by atomic mass is 16.5. The third-order valence-corrected chi connectivity index (χ3v) is 5.52. The molecule has 0 saturated carbocycles. The molecular formula is C25H28N6O5. The highest BCUT2D eigenvalue weighted by Gasteiger charge is 2.16. The van der Waals surface area contributed by atoms with Crippen LogP contribution in [0.15, 0.2) is 41.2 Å². The number of ether oxygens (including phenoxy) is 2. The Bertz CT molecular complexity index is 1430. The molecule has 2 aromatic heterocycles. The van der Waals surface area contributed by atoms with Crippen molar-refractivity contribution in [2.75, 3.05) is 33.9 Å². The van der Waals surface area contributed by atoms with Crippen LogP contribution in [0.2, 0.25) is 0 Å². The second-order valence-electron chi connectivity index (χ2n) is 8.44. The maximum absolute atomic E-state index is 12.4. The van der Waals surface area contributed by atoms with Crippen LogP contribution < -0.4 is 15.0 Å². The highest BCUT2D eigenvalue weighted by molar-refractivity contribution is 5.79. The van der Waals surface area contributed by atoms with Crippen molar-refractivity contribution in [2.24, 2.45) is 0 Å². The van der Waals surface area contributed by atoms with Crippen molar-refractivity contribution in [3.05, 3.63) is 52.3 Å². The summed E-state index contributed by atoms with van der Waals surface area (Å²) in [6.07, 6.45) is 0.438. The molecule has 0 fully saturated rings. The first-order valence-electron chi connectivity index (χ1n) is 11.6. The van der Waals surface area contributed by atoms with Crippen LogP contribution in [-0.2, 0) is 11.2 Å². The Balaban J connectivity index is 1.76. The summed E-state index contributed by atoms with van der Waals surface area (Å²) in [4.78, 5) is 32.7. The van der Waals surface area contributed by atoms with Gasteiger partial charge in [0.1, 0.15) is 23.9 Å². The Morgan fingerprint density at radius 2 is 1.92 bits per heavy atom. The van der Waals surface area contributed by atoms with Crippen LogP contribution in [0.3, 0.4) is 0 Å². The number of benzene rings is 2. The monoisotopic (exact) mass is 492 g/mol. The summed E-state index contributed by atoms with van der Waals surface area (Å²) in [6, 6.07) is 11.3. The van der Waals surface area contributed by atoms with E-state index in [-0.39, 0.29) is 17.6 Å². The molecule has 0 bridgehead atoms. The molecular weight excluding hydrogens is 464 g/mol. The summed E-state index contributed by atoms with van der Waals surface area (Å²) in [5, 5.41) is 19.1. The van der Waals surface area contributed by atoms with E-state index in [1.54, 1.807) is 0 Å². The van der Waals surface area contributed by atoms with Crippen LogP contribution in [0, 0.1) is 0 Å². The molecule has 11 heteroatoms. The summed E-state index contributed by atoms with van der Waals surface area (Å²) < 4.78 is 12.0. The van der Waals surface area contributed by atoms with E-state index >= 15 is 0 Å². The molecule has 0 aliphatic heterocycles. The van der Waals surface area contributed by atoms with Gasteiger partial charge in [0.15, 0.2) is 11.2 Å². The van der Waals surface area contributed by atoms with Crippen molar-refractivity contribution < 1.29 is 19.4 Å². The number of fused-ring (bicyclic) bond motifs is 1. The van der Waals surface area contributed by atoms with Crippen molar-refractivity contribution in [3.8, 4) is 34.0 Å². The van der Waals surface area contributed by atoms with Crippen LogP contribution in [-0.4, -0.2) is 75.2 Å². The number of carboxylic acids is 1. The maximum Gasteiger partial charge on any atom is 0.303 e. The van der Waals surface area contributed by atoms with Gasteiger partial charge in [0.25, 0.3) is 5.56 Å². The highest BCUT2D eigenvalue weighted by Crippen LogP contribution is 2.37. The number of aliphatic carboxylic acids is 1. The van der Waals surface area contributed by atoms with Crippen molar-refractivity contribution in [1.29, 1.82) is 0 Å². The first kappa shape index (κ1) is 24.9. The van der Waals surface area contributed by atoms with Crippen LogP contribution in [0.5, 0.6) is 11.5 Å². The molecule has 4 rings (SSSR count). The van der Waals surface area contributed by atoms with Crippen molar-refractivity contribution in [2.45, 2.75) is 19.8 Å². The van der Waals surface area contributed by atoms with E-state index in [1.165, 1.54) is 0 Å². The number of hydrogen-bond donors (Lipinski definition) is 3. The Morgan fingerprint density at radius 3 is 2.67 bits per heavy atom. The number of hydrogen-bond acceptors (Lipinski definition) is 8. The number of aryl methyl sites for hydroxylation is 1. The van der Waals surface area contributed by atoms with Crippen molar-refractivity contribution in [3.63, 3.8) is 0 Å². The van der Waals surface area contributed by atoms with Gasteiger partial charge in [-0.25, -0.2) is 10.1 Å². The fourth-order valence-electron chi connectivity index (χ4n) is 3.72. The zero-order chi connectivity index (χ0) is 25.7. The minimum atomic E-state index is -0.850. The summed E-state index contributed by atoms with van der Waals surface area (Å²) >= 11 is 0. The number of nitrogens with zero attached hydrogens (tertiary/aromatic N) is 4. The fourth-order valence-corrected chi connectivity index (χ4v) is 3.72. The van der Waals surface area contributed by atoms with Gasteiger partial charge >= 0.3 is 5.97 Å². The summed E-state index contributed by atoms with van der Waals surface area (Å²) in [5.41, 5.74) is 3.14. The number of H-pyrrole nitrogens is 2. The number of likely N-dealkylation sites (N-methyl/N-ethyl adjacent to an activating group) is 1. The van der Waals surface area contributed by atoms with Gasteiger partial charge in [-0.15, -0.1) is 5.10 Å². The Morgan fingerprint density at radius 1 is 1.08 bits per heavy atom. The molecule has 4 aromatic rings. The lowest BCUT2D eigenvalue weighted by atomic mass is 9.98. The second kappa shape index (κ2) is 11.0. The third-order valence-electron chi connectivity index (χ3n) is 5.52. The van der Waals surface area contributed by atoms with Crippen LogP contribution in [0.1, 0.15) is 18.9 Å². The normalized spacial score (nSPS) is 11.2. The van der Waals surface area contributed by atoms with E-state index in [2.05, 4.69) is 25.4 Å². The lowest BCUT2D eigenvalue weighted by molar-refractivity contribution is -0.136. The summed E-state index contributed by atoms with van der Waals surface area (Å²) in [5.74, 6) is 0.686. The molecule has 0 atom stereocenters. The van der Waals surface area contributed by atoms with E-state index in [1.807, 2.05) is 62.3 Å². The SMILES string of the molecule is CCOc1cc(-c2cc(CCC(=O)O)ccc2OCCN(C)C)ccc1-c1nc2[nH]nnc2c(=O)[nH]1. The Hall–Kier alpha value is -4.25. The zero-order valence-corrected chi connectivity index (χ0v) is 20.4. The molecule has 2 heterocycles. The number of aromatic amines is 2. The summed E-state index contributed by atoms with van der Waals surface area (Å²) in [6.45, 7) is 3.51. The number of nitrogens with one attached hydrogen (secondary N) is 2. The van der Waals surface area contributed by atoms with Gasteiger partial charge in [0, 0.05) is 18.5 Å². The topological polar surface area (TPSA) is 146 Å². The predicted molar refractivity (Wildman–Crippen MR) is 134 cm³/mol. The molecule has 0 aliphatic carbocycles.